The topological polar surface area (TPSA) is 78.6 Å². The van der Waals surface area contributed by atoms with Crippen molar-refractivity contribution in [3.63, 3.8) is 0 Å². The van der Waals surface area contributed by atoms with E-state index in [9.17, 15) is 4.39 Å². The van der Waals surface area contributed by atoms with E-state index in [1.807, 2.05) is 37.0 Å². The zero-order valence-electron chi connectivity index (χ0n) is 19.2. The van der Waals surface area contributed by atoms with Crippen molar-refractivity contribution in [1.29, 1.82) is 0 Å². The summed E-state index contributed by atoms with van der Waals surface area (Å²) in [5, 5.41) is 4.43. The van der Waals surface area contributed by atoms with Crippen LogP contribution >= 0.6 is 11.6 Å². The number of aromatic nitrogens is 6. The number of hydrogen-bond donors (Lipinski definition) is 0. The van der Waals surface area contributed by atoms with Crippen LogP contribution in [0.5, 0.6) is 0 Å². The molecule has 1 saturated heterocycles. The van der Waals surface area contributed by atoms with E-state index in [4.69, 9.17) is 21.3 Å². The number of nitrogens with zero attached hydrogens (tertiary/aromatic N) is 6. The van der Waals surface area contributed by atoms with Crippen molar-refractivity contribution in [3.8, 4) is 11.3 Å². The molecule has 2 fully saturated rings. The van der Waals surface area contributed by atoms with Crippen LogP contribution in [-0.4, -0.2) is 42.4 Å². The lowest BCUT2D eigenvalue weighted by Crippen LogP contribution is -2.23. The maximum atomic E-state index is 14.6. The van der Waals surface area contributed by atoms with Crippen molar-refractivity contribution in [1.82, 2.24) is 29.7 Å². The molecule has 1 saturated carbocycles. The number of hydrogen-bond acceptors (Lipinski definition) is 6. The summed E-state index contributed by atoms with van der Waals surface area (Å²) in [6.45, 7) is 4.56. The first-order valence-electron chi connectivity index (χ1n) is 11.6. The molecule has 2 unspecified atom stereocenters. The van der Waals surface area contributed by atoms with Crippen LogP contribution in [0.15, 0.2) is 42.9 Å². The van der Waals surface area contributed by atoms with Gasteiger partial charge >= 0.3 is 0 Å². The first-order valence-corrected chi connectivity index (χ1v) is 11.9. The first-order chi connectivity index (χ1) is 16.5. The third kappa shape index (κ3) is 5.08. The lowest BCUT2D eigenvalue weighted by atomic mass is 9.95. The largest absolute Gasteiger partial charge is 0.378 e. The highest BCUT2D eigenvalue weighted by molar-refractivity contribution is 6.30. The Kier molecular flexibility index (Phi) is 6.52. The summed E-state index contributed by atoms with van der Waals surface area (Å²) < 4.78 is 22.2. The number of ether oxygens (including phenoxy) is 1. The van der Waals surface area contributed by atoms with Gasteiger partial charge in [0, 0.05) is 41.7 Å². The van der Waals surface area contributed by atoms with Gasteiger partial charge in [-0.05, 0) is 63.8 Å². The van der Waals surface area contributed by atoms with E-state index in [0.29, 0.717) is 39.9 Å². The van der Waals surface area contributed by atoms with Gasteiger partial charge in [0.15, 0.2) is 5.65 Å². The summed E-state index contributed by atoms with van der Waals surface area (Å²) >= 11 is 5.90. The number of fused-ring (bicyclic) bond motifs is 1. The van der Waals surface area contributed by atoms with Crippen LogP contribution in [0.25, 0.3) is 22.4 Å². The summed E-state index contributed by atoms with van der Waals surface area (Å²) in [5.41, 5.74) is 2.52. The fraction of sp³-hybridized carbons (Fsp3) is 0.400. The SMILES string of the molecule is Cc1cnc2c(-c3ccc(Cl)cc3F)nc(C3CCOC(C)C3)nc2n1.c1cnn(C2CC2)c1. The average Bonchev–Trinajstić information content (AvgIpc) is 3.52. The van der Waals surface area contributed by atoms with Gasteiger partial charge in [0.05, 0.1) is 17.8 Å². The molecule has 0 radical (unpaired) electrons. The number of benzene rings is 1. The summed E-state index contributed by atoms with van der Waals surface area (Å²) in [6, 6.07) is 7.26. The van der Waals surface area contributed by atoms with Crippen LogP contribution < -0.4 is 0 Å². The van der Waals surface area contributed by atoms with Gasteiger partial charge in [-0.1, -0.05) is 11.6 Å². The molecule has 4 heterocycles. The van der Waals surface area contributed by atoms with Gasteiger partial charge in [-0.15, -0.1) is 0 Å². The van der Waals surface area contributed by atoms with Gasteiger partial charge in [-0.25, -0.2) is 24.3 Å². The van der Waals surface area contributed by atoms with E-state index < -0.39 is 5.82 Å². The second-order valence-electron chi connectivity index (χ2n) is 8.86. The highest BCUT2D eigenvalue weighted by atomic mass is 35.5. The van der Waals surface area contributed by atoms with Crippen LogP contribution in [0.3, 0.4) is 0 Å². The molecule has 2 atom stereocenters. The summed E-state index contributed by atoms with van der Waals surface area (Å²) in [5.74, 6) is 0.377. The van der Waals surface area contributed by atoms with Crippen molar-refractivity contribution < 1.29 is 9.13 Å². The van der Waals surface area contributed by atoms with Gasteiger partial charge in [-0.3, -0.25) is 4.68 Å². The summed E-state index contributed by atoms with van der Waals surface area (Å²) in [6.07, 6.45) is 9.94. The molecular formula is C25H26ClFN6O. The van der Waals surface area contributed by atoms with E-state index in [1.165, 1.54) is 18.9 Å². The zero-order valence-corrected chi connectivity index (χ0v) is 19.9. The molecular weight excluding hydrogens is 455 g/mol. The fourth-order valence-electron chi connectivity index (χ4n) is 4.13. The van der Waals surface area contributed by atoms with E-state index in [0.717, 1.165) is 24.6 Å². The maximum absolute atomic E-state index is 14.6. The lowest BCUT2D eigenvalue weighted by Gasteiger charge is -2.26. The highest BCUT2D eigenvalue weighted by Gasteiger charge is 2.26. The molecule has 6 rings (SSSR count). The molecule has 0 spiro atoms. The standard InChI is InChI=1S/C19H18ClFN4O.C6H8N2/c1-10-9-22-17-16(14-4-3-13(20)8-15(14)21)24-18(25-19(17)23-10)12-5-6-26-11(2)7-12;1-4-7-8(5-1)6-2-3-6/h3-4,8-9,11-12H,5-7H2,1-2H3;1,4-6H,2-3H2. The molecule has 1 aliphatic carbocycles. The van der Waals surface area contributed by atoms with Crippen LogP contribution in [0.4, 0.5) is 4.39 Å². The number of halogens is 2. The Hall–Kier alpha value is -2.97. The molecule has 1 aromatic carbocycles. The Labute approximate surface area is 202 Å². The molecule has 0 bridgehead atoms. The minimum atomic E-state index is -0.439. The maximum Gasteiger partial charge on any atom is 0.182 e. The van der Waals surface area contributed by atoms with Crippen LogP contribution in [0.1, 0.15) is 56.1 Å². The summed E-state index contributed by atoms with van der Waals surface area (Å²) in [4.78, 5) is 18.2. The van der Waals surface area contributed by atoms with Gasteiger partial charge in [0.25, 0.3) is 0 Å². The molecule has 34 heavy (non-hydrogen) atoms. The Morgan fingerprint density at radius 2 is 2.00 bits per heavy atom. The molecule has 3 aromatic heterocycles. The van der Waals surface area contributed by atoms with Crippen LogP contribution in [-0.2, 0) is 4.74 Å². The van der Waals surface area contributed by atoms with Crippen molar-refractivity contribution in [2.24, 2.45) is 0 Å². The fourth-order valence-corrected chi connectivity index (χ4v) is 4.29. The molecule has 9 heteroatoms. The lowest BCUT2D eigenvalue weighted by molar-refractivity contribution is 0.0173. The minimum absolute atomic E-state index is 0.146. The average molecular weight is 481 g/mol. The second-order valence-corrected chi connectivity index (χ2v) is 9.29. The van der Waals surface area contributed by atoms with Crippen molar-refractivity contribution in [2.45, 2.75) is 57.6 Å². The molecule has 4 aromatic rings. The number of aryl methyl sites for hydroxylation is 1. The Balaban J connectivity index is 0.000000252. The normalized spacial score (nSPS) is 20.1. The van der Waals surface area contributed by atoms with Crippen LogP contribution in [0, 0.1) is 12.7 Å². The summed E-state index contributed by atoms with van der Waals surface area (Å²) in [7, 11) is 0. The van der Waals surface area contributed by atoms with Gasteiger partial charge in [-0.2, -0.15) is 5.10 Å². The Bertz CT molecular complexity index is 1290. The van der Waals surface area contributed by atoms with E-state index in [-0.39, 0.29) is 12.0 Å². The molecule has 2 aliphatic rings. The predicted molar refractivity (Wildman–Crippen MR) is 128 cm³/mol. The monoisotopic (exact) mass is 480 g/mol. The quantitative estimate of drug-likeness (QED) is 0.375. The third-order valence-corrected chi connectivity index (χ3v) is 6.26. The second kappa shape index (κ2) is 9.72. The van der Waals surface area contributed by atoms with Crippen molar-refractivity contribution in [2.75, 3.05) is 6.61 Å². The van der Waals surface area contributed by atoms with Crippen molar-refractivity contribution in [3.05, 3.63) is 65.2 Å². The molecule has 0 amide bonds. The zero-order chi connectivity index (χ0) is 23.7. The molecule has 1 aliphatic heterocycles. The predicted octanol–water partition coefficient (Wildman–Crippen LogP) is 5.69. The van der Waals surface area contributed by atoms with Crippen LogP contribution in [0.2, 0.25) is 5.02 Å². The van der Waals surface area contributed by atoms with Gasteiger partial charge in [0.1, 0.15) is 22.9 Å². The van der Waals surface area contributed by atoms with E-state index in [1.54, 1.807) is 18.3 Å². The Morgan fingerprint density at radius 1 is 1.15 bits per heavy atom. The number of rotatable bonds is 3. The third-order valence-electron chi connectivity index (χ3n) is 6.03. The molecule has 0 N–H and O–H groups in total. The van der Waals surface area contributed by atoms with E-state index in [2.05, 4.69) is 20.1 Å². The smallest absolute Gasteiger partial charge is 0.182 e. The molecule has 7 nitrogen and oxygen atoms in total. The van der Waals surface area contributed by atoms with Gasteiger partial charge < -0.3 is 4.74 Å². The van der Waals surface area contributed by atoms with Gasteiger partial charge in [0.2, 0.25) is 0 Å². The Morgan fingerprint density at radius 3 is 2.71 bits per heavy atom. The highest BCUT2D eigenvalue weighted by Crippen LogP contribution is 2.34. The minimum Gasteiger partial charge on any atom is -0.378 e. The first kappa shape index (κ1) is 22.8. The van der Waals surface area contributed by atoms with Crippen molar-refractivity contribution >= 4 is 22.8 Å². The molecule has 176 valence electrons. The van der Waals surface area contributed by atoms with E-state index >= 15 is 0 Å².